The largest absolute Gasteiger partial charge is 0.497 e. The number of para-hydroxylation sites is 2. The van der Waals surface area contributed by atoms with Crippen molar-refractivity contribution in [2.75, 3.05) is 14.2 Å². The molecule has 10 heteroatoms. The van der Waals surface area contributed by atoms with Crippen LogP contribution in [0.3, 0.4) is 0 Å². The minimum atomic E-state index is -4.70. The SMILES string of the molecule is COc1ccc(C=NNC(=O)Cn2c(C(F)(F)F)nc3ccccc32)c(OC)c1. The van der Waals surface area contributed by atoms with Crippen molar-refractivity contribution in [3.8, 4) is 11.5 Å². The first-order valence-electron chi connectivity index (χ1n) is 8.40. The van der Waals surface area contributed by atoms with Crippen LogP contribution < -0.4 is 14.9 Å². The number of fused-ring (bicyclic) bond motifs is 1. The van der Waals surface area contributed by atoms with Gasteiger partial charge in [-0.15, -0.1) is 0 Å². The molecule has 152 valence electrons. The number of nitrogens with one attached hydrogen (secondary N) is 1. The second-order valence-corrected chi connectivity index (χ2v) is 5.91. The normalized spacial score (nSPS) is 11.8. The molecule has 0 aliphatic rings. The Balaban J connectivity index is 1.78. The Bertz CT molecular complexity index is 1060. The topological polar surface area (TPSA) is 77.7 Å². The van der Waals surface area contributed by atoms with Crippen LogP contribution in [0.15, 0.2) is 47.6 Å². The molecule has 0 aliphatic carbocycles. The summed E-state index contributed by atoms with van der Waals surface area (Å²) in [5.41, 5.74) is 3.13. The van der Waals surface area contributed by atoms with E-state index in [2.05, 4.69) is 15.5 Å². The van der Waals surface area contributed by atoms with Crippen molar-refractivity contribution < 1.29 is 27.4 Å². The molecule has 0 radical (unpaired) electrons. The van der Waals surface area contributed by atoms with E-state index in [1.54, 1.807) is 30.3 Å². The first kappa shape index (κ1) is 20.2. The third-order valence-corrected chi connectivity index (χ3v) is 4.04. The van der Waals surface area contributed by atoms with Crippen molar-refractivity contribution in [1.82, 2.24) is 15.0 Å². The Kier molecular flexibility index (Phi) is 5.71. The van der Waals surface area contributed by atoms with Gasteiger partial charge in [0.25, 0.3) is 5.91 Å². The smallest absolute Gasteiger partial charge is 0.449 e. The Hall–Kier alpha value is -3.56. The van der Waals surface area contributed by atoms with E-state index in [9.17, 15) is 18.0 Å². The van der Waals surface area contributed by atoms with Crippen LogP contribution in [0.25, 0.3) is 11.0 Å². The van der Waals surface area contributed by atoms with Crippen LogP contribution in [-0.4, -0.2) is 35.9 Å². The van der Waals surface area contributed by atoms with Crippen molar-refractivity contribution in [1.29, 1.82) is 0 Å². The Morgan fingerprint density at radius 3 is 2.66 bits per heavy atom. The molecule has 1 heterocycles. The number of halogens is 3. The molecule has 3 rings (SSSR count). The summed E-state index contributed by atoms with van der Waals surface area (Å²) in [6, 6.07) is 11.1. The van der Waals surface area contributed by atoms with Gasteiger partial charge in [0.1, 0.15) is 18.0 Å². The number of ether oxygens (including phenoxy) is 2. The van der Waals surface area contributed by atoms with Crippen LogP contribution in [0.1, 0.15) is 11.4 Å². The number of carbonyl (C=O) groups excluding carboxylic acids is 1. The summed E-state index contributed by atoms with van der Waals surface area (Å²) in [5.74, 6) is -0.839. The van der Waals surface area contributed by atoms with Gasteiger partial charge in [-0.1, -0.05) is 12.1 Å². The Labute approximate surface area is 163 Å². The molecular weight excluding hydrogens is 389 g/mol. The van der Waals surface area contributed by atoms with Gasteiger partial charge >= 0.3 is 6.18 Å². The van der Waals surface area contributed by atoms with Gasteiger partial charge in [0, 0.05) is 11.6 Å². The van der Waals surface area contributed by atoms with Gasteiger partial charge in [0.15, 0.2) is 0 Å². The van der Waals surface area contributed by atoms with E-state index in [1.807, 2.05) is 0 Å². The lowest BCUT2D eigenvalue weighted by Crippen LogP contribution is -2.26. The third kappa shape index (κ3) is 4.48. The molecule has 3 aromatic rings. The lowest BCUT2D eigenvalue weighted by molar-refractivity contribution is -0.147. The van der Waals surface area contributed by atoms with Gasteiger partial charge in [0.2, 0.25) is 5.82 Å². The standard InChI is InChI=1S/C19H17F3N4O3/c1-28-13-8-7-12(16(9-13)29-2)10-23-25-17(27)11-26-15-6-4-3-5-14(15)24-18(26)19(20,21)22/h3-10H,11H2,1-2H3,(H,25,27). The average molecular weight is 406 g/mol. The van der Waals surface area contributed by atoms with E-state index in [4.69, 9.17) is 9.47 Å². The van der Waals surface area contributed by atoms with Gasteiger partial charge in [0.05, 0.1) is 31.5 Å². The van der Waals surface area contributed by atoms with Crippen LogP contribution in [0.4, 0.5) is 13.2 Å². The average Bonchev–Trinajstić information content (AvgIpc) is 3.07. The summed E-state index contributed by atoms with van der Waals surface area (Å²) in [7, 11) is 2.98. The summed E-state index contributed by atoms with van der Waals surface area (Å²) in [5, 5.41) is 3.80. The molecule has 0 saturated heterocycles. The van der Waals surface area contributed by atoms with Crippen molar-refractivity contribution >= 4 is 23.2 Å². The predicted octanol–water partition coefficient (Wildman–Crippen LogP) is 3.22. The maximum absolute atomic E-state index is 13.3. The predicted molar refractivity (Wildman–Crippen MR) is 100 cm³/mol. The molecule has 7 nitrogen and oxygen atoms in total. The van der Waals surface area contributed by atoms with Crippen LogP contribution in [0, 0.1) is 0 Å². The number of methoxy groups -OCH3 is 2. The summed E-state index contributed by atoms with van der Waals surface area (Å²) >= 11 is 0. The number of aromatic nitrogens is 2. The van der Waals surface area contributed by atoms with Gasteiger partial charge in [-0.2, -0.15) is 18.3 Å². The monoisotopic (exact) mass is 406 g/mol. The zero-order valence-corrected chi connectivity index (χ0v) is 15.5. The number of alkyl halides is 3. The summed E-state index contributed by atoms with van der Waals surface area (Å²) in [6.45, 7) is -0.591. The highest BCUT2D eigenvalue weighted by Gasteiger charge is 2.37. The lowest BCUT2D eigenvalue weighted by atomic mass is 10.2. The highest BCUT2D eigenvalue weighted by atomic mass is 19.4. The number of rotatable bonds is 6. The number of amides is 1. The van der Waals surface area contributed by atoms with E-state index in [0.717, 1.165) is 4.57 Å². The van der Waals surface area contributed by atoms with Crippen LogP contribution in [0.5, 0.6) is 11.5 Å². The van der Waals surface area contributed by atoms with Gasteiger partial charge in [-0.3, -0.25) is 4.79 Å². The number of nitrogens with zero attached hydrogens (tertiary/aromatic N) is 3. The van der Waals surface area contributed by atoms with Crippen LogP contribution in [0.2, 0.25) is 0 Å². The number of imidazole rings is 1. The number of hydrogen-bond acceptors (Lipinski definition) is 5. The highest BCUT2D eigenvalue weighted by molar-refractivity contribution is 5.86. The number of hydrogen-bond donors (Lipinski definition) is 1. The second-order valence-electron chi connectivity index (χ2n) is 5.91. The molecule has 1 amide bonds. The number of carbonyl (C=O) groups is 1. The molecule has 0 aliphatic heterocycles. The molecule has 29 heavy (non-hydrogen) atoms. The number of hydrazone groups is 1. The molecule has 0 bridgehead atoms. The maximum Gasteiger partial charge on any atom is 0.449 e. The fraction of sp³-hybridized carbons (Fsp3) is 0.211. The second kappa shape index (κ2) is 8.21. The molecule has 2 aromatic carbocycles. The molecule has 0 atom stereocenters. The van der Waals surface area contributed by atoms with Crippen molar-refractivity contribution in [3.05, 3.63) is 53.9 Å². The van der Waals surface area contributed by atoms with Crippen LogP contribution >= 0.6 is 0 Å². The first-order chi connectivity index (χ1) is 13.8. The zero-order valence-electron chi connectivity index (χ0n) is 15.5. The third-order valence-electron chi connectivity index (χ3n) is 4.04. The fourth-order valence-electron chi connectivity index (χ4n) is 2.73. The van der Waals surface area contributed by atoms with E-state index in [1.165, 1.54) is 32.6 Å². The lowest BCUT2D eigenvalue weighted by Gasteiger charge is -2.10. The first-order valence-corrected chi connectivity index (χ1v) is 8.40. The Morgan fingerprint density at radius 1 is 1.21 bits per heavy atom. The van der Waals surface area contributed by atoms with E-state index in [-0.39, 0.29) is 11.0 Å². The van der Waals surface area contributed by atoms with E-state index >= 15 is 0 Å². The Morgan fingerprint density at radius 2 is 1.97 bits per heavy atom. The molecular formula is C19H17F3N4O3. The molecule has 1 N–H and O–H groups in total. The molecule has 0 saturated carbocycles. The van der Waals surface area contributed by atoms with Gasteiger partial charge in [-0.05, 0) is 24.3 Å². The summed E-state index contributed by atoms with van der Waals surface area (Å²) in [6.07, 6.45) is -3.37. The van der Waals surface area contributed by atoms with Crippen molar-refractivity contribution in [2.45, 2.75) is 12.7 Å². The maximum atomic E-state index is 13.3. The van der Waals surface area contributed by atoms with Crippen molar-refractivity contribution in [2.24, 2.45) is 5.10 Å². The van der Waals surface area contributed by atoms with E-state index < -0.39 is 24.5 Å². The molecule has 1 aromatic heterocycles. The number of benzene rings is 2. The molecule has 0 fully saturated rings. The van der Waals surface area contributed by atoms with Crippen LogP contribution in [-0.2, 0) is 17.5 Å². The quantitative estimate of drug-likeness (QED) is 0.504. The molecule has 0 unspecified atom stereocenters. The molecule has 0 spiro atoms. The van der Waals surface area contributed by atoms with Gasteiger partial charge < -0.3 is 14.0 Å². The summed E-state index contributed by atoms with van der Waals surface area (Å²) < 4.78 is 51.0. The van der Waals surface area contributed by atoms with E-state index in [0.29, 0.717) is 17.1 Å². The fourth-order valence-corrected chi connectivity index (χ4v) is 2.73. The summed E-state index contributed by atoms with van der Waals surface area (Å²) in [4.78, 5) is 15.8. The van der Waals surface area contributed by atoms with Gasteiger partial charge in [-0.25, -0.2) is 10.4 Å². The minimum absolute atomic E-state index is 0.152. The minimum Gasteiger partial charge on any atom is -0.497 e. The van der Waals surface area contributed by atoms with Crippen molar-refractivity contribution in [3.63, 3.8) is 0 Å². The highest BCUT2D eigenvalue weighted by Crippen LogP contribution is 2.31. The zero-order chi connectivity index (χ0) is 21.0.